The lowest BCUT2D eigenvalue weighted by Gasteiger charge is -2.34. The maximum atomic E-state index is 12.5. The molecule has 1 aliphatic carbocycles. The van der Waals surface area contributed by atoms with Crippen molar-refractivity contribution in [3.05, 3.63) is 12.3 Å². The first-order valence-corrected chi connectivity index (χ1v) is 4.67. The molecule has 0 unspecified atom stereocenters. The van der Waals surface area contributed by atoms with Gasteiger partial charge in [0, 0.05) is 31.6 Å². The number of rotatable bonds is 3. The van der Waals surface area contributed by atoms with Gasteiger partial charge in [-0.1, -0.05) is 0 Å². The first-order chi connectivity index (χ1) is 6.59. The molecule has 0 N–H and O–H groups in total. The molecule has 1 saturated carbocycles. The van der Waals surface area contributed by atoms with E-state index in [1.165, 1.54) is 0 Å². The van der Waals surface area contributed by atoms with Crippen LogP contribution in [0.3, 0.4) is 0 Å². The Hall–Kier alpha value is -1.13. The summed E-state index contributed by atoms with van der Waals surface area (Å²) >= 11 is 0. The number of ether oxygens (including phenoxy) is 1. The van der Waals surface area contributed by atoms with Crippen LogP contribution < -0.4 is 4.74 Å². The molecular weight excluding hydrogens is 190 g/mol. The molecule has 78 valence electrons. The SMILES string of the molecule is CCn1ccc(OC2CC(F)(F)C2)n1. The molecule has 5 heteroatoms. The van der Waals surface area contributed by atoms with Crippen LogP contribution in [-0.4, -0.2) is 21.8 Å². The van der Waals surface area contributed by atoms with Gasteiger partial charge in [0.25, 0.3) is 5.92 Å². The highest BCUT2D eigenvalue weighted by Gasteiger charge is 2.47. The van der Waals surface area contributed by atoms with Crippen LogP contribution in [0.5, 0.6) is 5.88 Å². The lowest BCUT2D eigenvalue weighted by atomic mass is 9.91. The number of nitrogens with zero attached hydrogens (tertiary/aromatic N) is 2. The highest BCUT2D eigenvalue weighted by atomic mass is 19.3. The summed E-state index contributed by atoms with van der Waals surface area (Å²) in [5.74, 6) is -2.09. The molecule has 3 nitrogen and oxygen atoms in total. The maximum absolute atomic E-state index is 12.5. The summed E-state index contributed by atoms with van der Waals surface area (Å²) in [6.45, 7) is 2.71. The fourth-order valence-corrected chi connectivity index (χ4v) is 1.44. The van der Waals surface area contributed by atoms with Gasteiger partial charge in [0.05, 0.1) is 0 Å². The largest absolute Gasteiger partial charge is 0.473 e. The zero-order valence-corrected chi connectivity index (χ0v) is 7.91. The Morgan fingerprint density at radius 3 is 2.86 bits per heavy atom. The van der Waals surface area contributed by atoms with Gasteiger partial charge < -0.3 is 4.74 Å². The number of hydrogen-bond acceptors (Lipinski definition) is 2. The number of hydrogen-bond donors (Lipinski definition) is 0. The molecule has 2 rings (SSSR count). The molecule has 14 heavy (non-hydrogen) atoms. The highest BCUT2D eigenvalue weighted by Crippen LogP contribution is 2.39. The first kappa shape index (κ1) is 9.43. The van der Waals surface area contributed by atoms with Crippen molar-refractivity contribution in [3.8, 4) is 5.88 Å². The minimum Gasteiger partial charge on any atom is -0.473 e. The molecular formula is C9H12F2N2O. The van der Waals surface area contributed by atoms with Gasteiger partial charge >= 0.3 is 0 Å². The van der Waals surface area contributed by atoms with Crippen LogP contribution in [0.1, 0.15) is 19.8 Å². The number of aryl methyl sites for hydroxylation is 1. The Balaban J connectivity index is 1.87. The molecule has 1 aromatic rings. The minimum absolute atomic E-state index is 0.189. The second-order valence-corrected chi connectivity index (χ2v) is 3.51. The monoisotopic (exact) mass is 202 g/mol. The molecule has 1 aliphatic rings. The second-order valence-electron chi connectivity index (χ2n) is 3.51. The van der Waals surface area contributed by atoms with E-state index < -0.39 is 5.92 Å². The third kappa shape index (κ3) is 1.86. The van der Waals surface area contributed by atoms with E-state index in [1.807, 2.05) is 6.92 Å². The third-order valence-corrected chi connectivity index (χ3v) is 2.28. The maximum Gasteiger partial charge on any atom is 0.255 e. The third-order valence-electron chi connectivity index (χ3n) is 2.28. The minimum atomic E-state index is -2.53. The standard InChI is InChI=1S/C9H12F2N2O/c1-2-13-4-3-8(12-13)14-7-5-9(10,11)6-7/h3-4,7H,2,5-6H2,1H3. The van der Waals surface area contributed by atoms with E-state index in [4.69, 9.17) is 4.74 Å². The summed E-state index contributed by atoms with van der Waals surface area (Å²) in [4.78, 5) is 0. The van der Waals surface area contributed by atoms with E-state index >= 15 is 0 Å². The van der Waals surface area contributed by atoms with Crippen molar-refractivity contribution in [1.82, 2.24) is 9.78 Å². The zero-order chi connectivity index (χ0) is 10.2. The molecule has 0 aliphatic heterocycles. The summed E-state index contributed by atoms with van der Waals surface area (Å²) in [5.41, 5.74) is 0. The topological polar surface area (TPSA) is 27.1 Å². The van der Waals surface area contributed by atoms with Crippen LogP contribution >= 0.6 is 0 Å². The van der Waals surface area contributed by atoms with Crippen molar-refractivity contribution in [3.63, 3.8) is 0 Å². The zero-order valence-electron chi connectivity index (χ0n) is 7.91. The van der Waals surface area contributed by atoms with Crippen LogP contribution in [0.25, 0.3) is 0 Å². The quantitative estimate of drug-likeness (QED) is 0.750. The Morgan fingerprint density at radius 2 is 2.36 bits per heavy atom. The van der Waals surface area contributed by atoms with Crippen molar-refractivity contribution in [2.24, 2.45) is 0 Å². The molecule has 0 saturated heterocycles. The molecule has 1 aromatic heterocycles. The predicted molar refractivity (Wildman–Crippen MR) is 46.5 cm³/mol. The van der Waals surface area contributed by atoms with Gasteiger partial charge in [0.15, 0.2) is 0 Å². The van der Waals surface area contributed by atoms with Crippen molar-refractivity contribution in [1.29, 1.82) is 0 Å². The van der Waals surface area contributed by atoms with E-state index in [0.29, 0.717) is 5.88 Å². The molecule has 0 bridgehead atoms. The average Bonchev–Trinajstić information content (AvgIpc) is 2.49. The summed E-state index contributed by atoms with van der Waals surface area (Å²) in [6, 6.07) is 1.69. The summed E-state index contributed by atoms with van der Waals surface area (Å²) in [7, 11) is 0. The van der Waals surface area contributed by atoms with Crippen molar-refractivity contribution in [2.75, 3.05) is 0 Å². The van der Waals surface area contributed by atoms with Crippen LogP contribution in [-0.2, 0) is 6.54 Å². The van der Waals surface area contributed by atoms with Gasteiger partial charge in [-0.05, 0) is 6.92 Å². The molecule has 0 atom stereocenters. The van der Waals surface area contributed by atoms with Gasteiger partial charge in [-0.3, -0.25) is 4.68 Å². The Bertz CT molecular complexity index is 316. The van der Waals surface area contributed by atoms with E-state index in [9.17, 15) is 8.78 Å². The Labute approximate surface area is 80.7 Å². The highest BCUT2D eigenvalue weighted by molar-refractivity contribution is 5.07. The van der Waals surface area contributed by atoms with E-state index in [-0.39, 0.29) is 18.9 Å². The van der Waals surface area contributed by atoms with Crippen LogP contribution in [0.4, 0.5) is 8.78 Å². The van der Waals surface area contributed by atoms with Crippen molar-refractivity contribution >= 4 is 0 Å². The van der Waals surface area contributed by atoms with E-state index in [1.54, 1.807) is 16.9 Å². The van der Waals surface area contributed by atoms with Gasteiger partial charge in [-0.2, -0.15) is 0 Å². The molecule has 1 heterocycles. The normalized spacial score (nSPS) is 20.5. The van der Waals surface area contributed by atoms with Gasteiger partial charge in [-0.15, -0.1) is 5.10 Å². The molecule has 0 radical (unpaired) electrons. The number of halogens is 2. The number of alkyl halides is 2. The summed E-state index contributed by atoms with van der Waals surface area (Å²) in [5, 5.41) is 4.05. The molecule has 0 spiro atoms. The van der Waals surface area contributed by atoms with Crippen LogP contribution in [0.15, 0.2) is 12.3 Å². The molecule has 0 aromatic carbocycles. The fourth-order valence-electron chi connectivity index (χ4n) is 1.44. The van der Waals surface area contributed by atoms with Crippen molar-refractivity contribution in [2.45, 2.75) is 38.3 Å². The number of aromatic nitrogens is 2. The predicted octanol–water partition coefficient (Wildman–Crippen LogP) is 2.08. The lowest BCUT2D eigenvalue weighted by molar-refractivity contribution is -0.135. The smallest absolute Gasteiger partial charge is 0.255 e. The van der Waals surface area contributed by atoms with E-state index in [2.05, 4.69) is 5.10 Å². The Morgan fingerprint density at radius 1 is 1.64 bits per heavy atom. The molecule has 0 amide bonds. The van der Waals surface area contributed by atoms with Crippen LogP contribution in [0.2, 0.25) is 0 Å². The van der Waals surface area contributed by atoms with Gasteiger partial charge in [0.2, 0.25) is 5.88 Å². The molecule has 1 fully saturated rings. The average molecular weight is 202 g/mol. The van der Waals surface area contributed by atoms with Gasteiger partial charge in [-0.25, -0.2) is 8.78 Å². The van der Waals surface area contributed by atoms with Gasteiger partial charge in [0.1, 0.15) is 6.10 Å². The summed E-state index contributed by atoms with van der Waals surface area (Å²) < 4.78 is 31.9. The van der Waals surface area contributed by atoms with Crippen LogP contribution in [0, 0.1) is 0 Å². The van der Waals surface area contributed by atoms with Crippen molar-refractivity contribution < 1.29 is 13.5 Å². The summed E-state index contributed by atoms with van der Waals surface area (Å²) in [6.07, 6.45) is 1.02. The Kier molecular flexibility index (Phi) is 2.17. The lowest BCUT2D eigenvalue weighted by Crippen LogP contribution is -2.43. The second kappa shape index (κ2) is 3.22. The fraction of sp³-hybridized carbons (Fsp3) is 0.667. The van der Waals surface area contributed by atoms with E-state index in [0.717, 1.165) is 6.54 Å². The first-order valence-electron chi connectivity index (χ1n) is 4.67.